The summed E-state index contributed by atoms with van der Waals surface area (Å²) in [5, 5.41) is 2.85. The number of carbonyl (C=O) groups excluding carboxylic acids is 1. The van der Waals surface area contributed by atoms with E-state index in [9.17, 15) is 9.59 Å². The van der Waals surface area contributed by atoms with Crippen LogP contribution >= 0.6 is 0 Å². The van der Waals surface area contributed by atoms with Crippen molar-refractivity contribution in [2.24, 2.45) is 0 Å². The minimum atomic E-state index is -0.367. The van der Waals surface area contributed by atoms with Gasteiger partial charge in [-0.2, -0.15) is 0 Å². The van der Waals surface area contributed by atoms with Crippen LogP contribution in [0.15, 0.2) is 17.1 Å². The number of amides is 1. The van der Waals surface area contributed by atoms with E-state index in [4.69, 9.17) is 4.74 Å². The number of rotatable bonds is 2. The number of hydrogen-bond donors (Lipinski definition) is 2. The van der Waals surface area contributed by atoms with Gasteiger partial charge in [0.2, 0.25) is 0 Å². The van der Waals surface area contributed by atoms with Gasteiger partial charge in [0, 0.05) is 24.6 Å². The van der Waals surface area contributed by atoms with Crippen LogP contribution in [0.4, 0.5) is 0 Å². The summed E-state index contributed by atoms with van der Waals surface area (Å²) in [4.78, 5) is 26.5. The summed E-state index contributed by atoms with van der Waals surface area (Å²) >= 11 is 0. The topological polar surface area (TPSA) is 71.2 Å². The molecule has 0 saturated carbocycles. The molecule has 1 saturated heterocycles. The molecule has 1 fully saturated rings. The van der Waals surface area contributed by atoms with Gasteiger partial charge in [0.05, 0.1) is 12.1 Å². The van der Waals surface area contributed by atoms with Gasteiger partial charge < -0.3 is 15.0 Å². The highest BCUT2D eigenvalue weighted by Gasteiger charge is 2.31. The van der Waals surface area contributed by atoms with E-state index in [0.717, 1.165) is 12.1 Å². The largest absolute Gasteiger partial charge is 0.379 e. The fraction of sp³-hybridized carbons (Fsp3) is 0.500. The van der Waals surface area contributed by atoms with E-state index in [1.165, 1.54) is 12.3 Å². The van der Waals surface area contributed by atoms with Gasteiger partial charge in [0.15, 0.2) is 5.43 Å². The maximum Gasteiger partial charge on any atom is 0.257 e. The van der Waals surface area contributed by atoms with Gasteiger partial charge in [0.25, 0.3) is 5.91 Å². The summed E-state index contributed by atoms with van der Waals surface area (Å²) in [5.74, 6) is -0.348. The summed E-state index contributed by atoms with van der Waals surface area (Å²) in [5.41, 5.74) is 0.251. The Kier molecular flexibility index (Phi) is 3.02. The number of carbonyl (C=O) groups is 1. The molecule has 1 aliphatic heterocycles. The molecule has 0 radical (unpaired) electrons. The first-order valence-electron chi connectivity index (χ1n) is 5.60. The SMILES string of the molecule is Cc1cc(=O)c(C(=O)NC2(C)CCOC2)c[nH]1. The second kappa shape index (κ2) is 4.33. The molecule has 1 aromatic rings. The molecule has 0 bridgehead atoms. The van der Waals surface area contributed by atoms with Gasteiger partial charge in [-0.3, -0.25) is 9.59 Å². The van der Waals surface area contributed by atoms with E-state index in [1.54, 1.807) is 6.92 Å². The van der Waals surface area contributed by atoms with Gasteiger partial charge >= 0.3 is 0 Å². The maximum absolute atomic E-state index is 12.0. The number of hydrogen-bond acceptors (Lipinski definition) is 3. The molecule has 1 aromatic heterocycles. The van der Waals surface area contributed by atoms with E-state index >= 15 is 0 Å². The molecule has 2 N–H and O–H groups in total. The van der Waals surface area contributed by atoms with Crippen LogP contribution in [0.2, 0.25) is 0 Å². The monoisotopic (exact) mass is 236 g/mol. The molecule has 1 unspecified atom stereocenters. The Morgan fingerprint density at radius 3 is 2.94 bits per heavy atom. The Labute approximate surface area is 99.2 Å². The molecule has 92 valence electrons. The number of H-pyrrole nitrogens is 1. The molecular weight excluding hydrogens is 220 g/mol. The standard InChI is InChI=1S/C12H16N2O3/c1-8-5-10(15)9(6-13-8)11(16)14-12(2)3-4-17-7-12/h5-6H,3-4,7H2,1-2H3,(H,13,15)(H,14,16). The first-order chi connectivity index (χ1) is 8.00. The third-order valence-corrected chi connectivity index (χ3v) is 2.94. The van der Waals surface area contributed by atoms with Gasteiger partial charge in [-0.25, -0.2) is 0 Å². The van der Waals surface area contributed by atoms with Crippen LogP contribution in [-0.2, 0) is 4.74 Å². The molecule has 2 heterocycles. The van der Waals surface area contributed by atoms with Crippen molar-refractivity contribution in [2.45, 2.75) is 25.8 Å². The van der Waals surface area contributed by atoms with Crippen molar-refractivity contribution < 1.29 is 9.53 Å². The number of ether oxygens (including phenoxy) is 1. The Morgan fingerprint density at radius 1 is 1.59 bits per heavy atom. The van der Waals surface area contributed by atoms with Crippen molar-refractivity contribution in [3.63, 3.8) is 0 Å². The van der Waals surface area contributed by atoms with Crippen LogP contribution in [0.25, 0.3) is 0 Å². The van der Waals surface area contributed by atoms with Crippen LogP contribution in [-0.4, -0.2) is 29.6 Å². The van der Waals surface area contributed by atoms with Crippen molar-refractivity contribution in [3.05, 3.63) is 33.7 Å². The van der Waals surface area contributed by atoms with Crippen LogP contribution in [0.3, 0.4) is 0 Å². The molecule has 1 atom stereocenters. The molecule has 17 heavy (non-hydrogen) atoms. The average molecular weight is 236 g/mol. The maximum atomic E-state index is 12.0. The van der Waals surface area contributed by atoms with E-state index in [0.29, 0.717) is 13.2 Å². The highest BCUT2D eigenvalue weighted by Crippen LogP contribution is 2.17. The average Bonchev–Trinajstić information content (AvgIpc) is 2.64. The Balaban J connectivity index is 2.17. The minimum Gasteiger partial charge on any atom is -0.379 e. The zero-order valence-electron chi connectivity index (χ0n) is 10.0. The van der Waals surface area contributed by atoms with Crippen LogP contribution in [0.1, 0.15) is 29.4 Å². The molecule has 5 heteroatoms. The second-order valence-corrected chi connectivity index (χ2v) is 4.71. The first-order valence-corrected chi connectivity index (χ1v) is 5.60. The summed E-state index contributed by atoms with van der Waals surface area (Å²) in [6, 6.07) is 1.42. The van der Waals surface area contributed by atoms with Crippen molar-refractivity contribution in [3.8, 4) is 0 Å². The third-order valence-electron chi connectivity index (χ3n) is 2.94. The number of pyridine rings is 1. The van der Waals surface area contributed by atoms with Gasteiger partial charge in [-0.05, 0) is 20.3 Å². The van der Waals surface area contributed by atoms with Crippen molar-refractivity contribution in [1.29, 1.82) is 0 Å². The zero-order valence-corrected chi connectivity index (χ0v) is 10.0. The molecule has 5 nitrogen and oxygen atoms in total. The fourth-order valence-corrected chi connectivity index (χ4v) is 1.86. The highest BCUT2D eigenvalue weighted by atomic mass is 16.5. The van der Waals surface area contributed by atoms with Crippen molar-refractivity contribution in [1.82, 2.24) is 10.3 Å². The third kappa shape index (κ3) is 2.55. The highest BCUT2D eigenvalue weighted by molar-refractivity contribution is 5.94. The fourth-order valence-electron chi connectivity index (χ4n) is 1.86. The lowest BCUT2D eigenvalue weighted by Crippen LogP contribution is -2.47. The molecule has 0 aliphatic carbocycles. The number of aryl methyl sites for hydroxylation is 1. The smallest absolute Gasteiger partial charge is 0.257 e. The summed E-state index contributed by atoms with van der Waals surface area (Å²) in [6.07, 6.45) is 2.22. The predicted molar refractivity (Wildman–Crippen MR) is 63.1 cm³/mol. The second-order valence-electron chi connectivity index (χ2n) is 4.71. The van der Waals surface area contributed by atoms with Crippen molar-refractivity contribution in [2.75, 3.05) is 13.2 Å². The Bertz CT molecular complexity index is 487. The quantitative estimate of drug-likeness (QED) is 0.789. The van der Waals surface area contributed by atoms with Gasteiger partial charge in [0.1, 0.15) is 5.56 Å². The lowest BCUT2D eigenvalue weighted by molar-refractivity contribution is 0.0888. The molecule has 1 amide bonds. The normalized spacial score (nSPS) is 23.6. The summed E-state index contributed by atoms with van der Waals surface area (Å²) < 4.78 is 5.25. The summed E-state index contributed by atoms with van der Waals surface area (Å²) in [6.45, 7) is 4.82. The van der Waals surface area contributed by atoms with Crippen LogP contribution in [0.5, 0.6) is 0 Å². The summed E-state index contributed by atoms with van der Waals surface area (Å²) in [7, 11) is 0. The Morgan fingerprint density at radius 2 is 2.35 bits per heavy atom. The minimum absolute atomic E-state index is 0.142. The van der Waals surface area contributed by atoms with Crippen LogP contribution in [0, 0.1) is 6.92 Å². The number of aromatic amines is 1. The van der Waals surface area contributed by atoms with Gasteiger partial charge in [-0.15, -0.1) is 0 Å². The predicted octanol–water partition coefficient (Wildman–Crippen LogP) is 0.592. The van der Waals surface area contributed by atoms with E-state index in [-0.39, 0.29) is 22.4 Å². The lowest BCUT2D eigenvalue weighted by atomic mass is 10.0. The Hall–Kier alpha value is -1.62. The number of aromatic nitrogens is 1. The van der Waals surface area contributed by atoms with E-state index < -0.39 is 0 Å². The zero-order chi connectivity index (χ0) is 12.5. The molecule has 1 aliphatic rings. The lowest BCUT2D eigenvalue weighted by Gasteiger charge is -2.23. The van der Waals surface area contributed by atoms with E-state index in [1.807, 2.05) is 6.92 Å². The molecule has 0 spiro atoms. The van der Waals surface area contributed by atoms with E-state index in [2.05, 4.69) is 10.3 Å². The van der Waals surface area contributed by atoms with Gasteiger partial charge in [-0.1, -0.05) is 0 Å². The molecule has 0 aromatic carbocycles. The van der Waals surface area contributed by atoms with Crippen LogP contribution < -0.4 is 10.7 Å². The molecule has 2 rings (SSSR count). The molecular formula is C12H16N2O3. The first kappa shape index (κ1) is 11.9. The van der Waals surface area contributed by atoms with Crippen molar-refractivity contribution >= 4 is 5.91 Å². The number of nitrogens with one attached hydrogen (secondary N) is 2.